The van der Waals surface area contributed by atoms with E-state index in [2.05, 4.69) is 5.10 Å². The first-order valence-electron chi connectivity index (χ1n) is 3.85. The van der Waals surface area contributed by atoms with E-state index in [9.17, 15) is 0 Å². The van der Waals surface area contributed by atoms with E-state index < -0.39 is 0 Å². The summed E-state index contributed by atoms with van der Waals surface area (Å²) >= 11 is 5.85. The van der Waals surface area contributed by atoms with Crippen LogP contribution >= 0.6 is 11.6 Å². The van der Waals surface area contributed by atoms with Crippen LogP contribution in [0.3, 0.4) is 0 Å². The molecule has 0 radical (unpaired) electrons. The third kappa shape index (κ3) is 1.79. The van der Waals surface area contributed by atoms with Crippen molar-refractivity contribution in [3.8, 4) is 0 Å². The number of hydrogen-bond acceptors (Lipinski definition) is 2. The topological polar surface area (TPSA) is 27.1 Å². The van der Waals surface area contributed by atoms with Crippen LogP contribution in [0.5, 0.6) is 0 Å². The predicted octanol–water partition coefficient (Wildman–Crippen LogP) is 2.05. The number of aromatic nitrogens is 2. The molecule has 68 valence electrons. The summed E-state index contributed by atoms with van der Waals surface area (Å²) in [6.45, 7) is 4.64. The third-order valence-corrected chi connectivity index (χ3v) is 2.18. The summed E-state index contributed by atoms with van der Waals surface area (Å²) in [6, 6.07) is 0.238. The van der Waals surface area contributed by atoms with E-state index in [0.29, 0.717) is 11.6 Å². The maximum atomic E-state index is 5.85. The summed E-state index contributed by atoms with van der Waals surface area (Å²) in [5.41, 5.74) is 0.987. The zero-order valence-electron chi connectivity index (χ0n) is 7.54. The Morgan fingerprint density at radius 3 is 2.83 bits per heavy atom. The standard InChI is InChI=1S/C8H13ClN2O/c1-6(5-12-3)11-7(2)8(9)4-10-11/h4,6H,5H2,1-3H3/t6-/m1/s1. The molecule has 0 fully saturated rings. The second-order valence-corrected chi connectivity index (χ2v) is 3.23. The molecule has 0 unspecified atom stereocenters. The SMILES string of the molecule is COC[C@@H](C)n1ncc(Cl)c1C. The summed E-state index contributed by atoms with van der Waals surface area (Å²) in [7, 11) is 1.68. The highest BCUT2D eigenvalue weighted by Crippen LogP contribution is 2.17. The molecule has 0 aliphatic carbocycles. The van der Waals surface area contributed by atoms with Crippen molar-refractivity contribution >= 4 is 11.6 Å². The molecule has 12 heavy (non-hydrogen) atoms. The van der Waals surface area contributed by atoms with E-state index in [-0.39, 0.29) is 6.04 Å². The van der Waals surface area contributed by atoms with E-state index >= 15 is 0 Å². The van der Waals surface area contributed by atoms with Crippen molar-refractivity contribution in [2.45, 2.75) is 19.9 Å². The molecule has 1 aromatic rings. The quantitative estimate of drug-likeness (QED) is 0.726. The van der Waals surface area contributed by atoms with Crippen molar-refractivity contribution < 1.29 is 4.74 Å². The lowest BCUT2D eigenvalue weighted by molar-refractivity contribution is 0.156. The molecule has 0 N–H and O–H groups in total. The van der Waals surface area contributed by atoms with E-state index in [1.165, 1.54) is 0 Å². The second-order valence-electron chi connectivity index (χ2n) is 2.83. The largest absolute Gasteiger partial charge is 0.382 e. The average Bonchev–Trinajstić information content (AvgIpc) is 2.34. The molecule has 1 atom stereocenters. The molecular weight excluding hydrogens is 176 g/mol. The lowest BCUT2D eigenvalue weighted by Gasteiger charge is -2.12. The van der Waals surface area contributed by atoms with Gasteiger partial charge in [0.1, 0.15) is 0 Å². The van der Waals surface area contributed by atoms with Gasteiger partial charge in [-0.3, -0.25) is 4.68 Å². The first-order valence-corrected chi connectivity index (χ1v) is 4.23. The molecular formula is C8H13ClN2O. The van der Waals surface area contributed by atoms with Crippen LogP contribution < -0.4 is 0 Å². The summed E-state index contributed by atoms with van der Waals surface area (Å²) in [5, 5.41) is 4.85. The molecule has 0 aromatic carbocycles. The number of nitrogens with zero attached hydrogens (tertiary/aromatic N) is 2. The Morgan fingerprint density at radius 1 is 1.75 bits per heavy atom. The average molecular weight is 189 g/mol. The fraction of sp³-hybridized carbons (Fsp3) is 0.625. The maximum Gasteiger partial charge on any atom is 0.0815 e. The Labute approximate surface area is 77.3 Å². The molecule has 0 spiro atoms. The zero-order valence-corrected chi connectivity index (χ0v) is 8.30. The maximum absolute atomic E-state index is 5.85. The minimum Gasteiger partial charge on any atom is -0.382 e. The van der Waals surface area contributed by atoms with E-state index in [1.54, 1.807) is 13.3 Å². The predicted molar refractivity (Wildman–Crippen MR) is 48.6 cm³/mol. The Kier molecular flexibility index (Phi) is 3.12. The lowest BCUT2D eigenvalue weighted by Crippen LogP contribution is -2.13. The van der Waals surface area contributed by atoms with Gasteiger partial charge in [0.2, 0.25) is 0 Å². The van der Waals surface area contributed by atoms with Crippen molar-refractivity contribution in [1.82, 2.24) is 9.78 Å². The molecule has 0 saturated heterocycles. The summed E-state index contributed by atoms with van der Waals surface area (Å²) in [6.07, 6.45) is 1.66. The van der Waals surface area contributed by atoms with Gasteiger partial charge in [-0.05, 0) is 13.8 Å². The van der Waals surface area contributed by atoms with E-state index in [0.717, 1.165) is 5.69 Å². The second kappa shape index (κ2) is 3.92. The van der Waals surface area contributed by atoms with Crippen LogP contribution in [-0.2, 0) is 4.74 Å². The number of ether oxygens (including phenoxy) is 1. The van der Waals surface area contributed by atoms with E-state index in [4.69, 9.17) is 16.3 Å². The van der Waals surface area contributed by atoms with Gasteiger partial charge in [-0.1, -0.05) is 11.6 Å². The van der Waals surface area contributed by atoms with Gasteiger partial charge in [-0.25, -0.2) is 0 Å². The smallest absolute Gasteiger partial charge is 0.0815 e. The number of hydrogen-bond donors (Lipinski definition) is 0. The number of methoxy groups -OCH3 is 1. The normalized spacial score (nSPS) is 13.3. The molecule has 0 aliphatic rings. The van der Waals surface area contributed by atoms with Crippen molar-refractivity contribution in [2.75, 3.05) is 13.7 Å². The van der Waals surface area contributed by atoms with Crippen molar-refractivity contribution in [1.29, 1.82) is 0 Å². The van der Waals surface area contributed by atoms with Crippen LogP contribution in [0.25, 0.3) is 0 Å². The van der Waals surface area contributed by atoms with Gasteiger partial charge < -0.3 is 4.74 Å². The molecule has 4 heteroatoms. The Morgan fingerprint density at radius 2 is 2.42 bits per heavy atom. The van der Waals surface area contributed by atoms with Crippen molar-refractivity contribution in [3.63, 3.8) is 0 Å². The number of rotatable bonds is 3. The Balaban J connectivity index is 2.80. The van der Waals surface area contributed by atoms with Gasteiger partial charge in [-0.15, -0.1) is 0 Å². The molecule has 0 amide bonds. The van der Waals surface area contributed by atoms with Gasteiger partial charge >= 0.3 is 0 Å². The lowest BCUT2D eigenvalue weighted by atomic mass is 10.3. The van der Waals surface area contributed by atoms with Gasteiger partial charge in [0, 0.05) is 7.11 Å². The highest BCUT2D eigenvalue weighted by Gasteiger charge is 2.09. The molecule has 0 bridgehead atoms. The summed E-state index contributed by atoms with van der Waals surface area (Å²) in [5.74, 6) is 0. The van der Waals surface area contributed by atoms with Crippen LogP contribution in [0.15, 0.2) is 6.20 Å². The van der Waals surface area contributed by atoms with Gasteiger partial charge in [0.25, 0.3) is 0 Å². The fourth-order valence-electron chi connectivity index (χ4n) is 1.16. The highest BCUT2D eigenvalue weighted by molar-refractivity contribution is 6.31. The molecule has 1 rings (SSSR count). The molecule has 0 aliphatic heterocycles. The Bertz CT molecular complexity index is 260. The minimum absolute atomic E-state index is 0.238. The van der Waals surface area contributed by atoms with Gasteiger partial charge in [-0.2, -0.15) is 5.10 Å². The van der Waals surface area contributed by atoms with Crippen molar-refractivity contribution in [2.24, 2.45) is 0 Å². The van der Waals surface area contributed by atoms with Crippen molar-refractivity contribution in [3.05, 3.63) is 16.9 Å². The minimum atomic E-state index is 0.238. The molecule has 1 heterocycles. The van der Waals surface area contributed by atoms with Crippen LogP contribution in [0.1, 0.15) is 18.7 Å². The highest BCUT2D eigenvalue weighted by atomic mass is 35.5. The first-order chi connectivity index (χ1) is 5.66. The molecule has 1 aromatic heterocycles. The van der Waals surface area contributed by atoms with E-state index in [1.807, 2.05) is 18.5 Å². The summed E-state index contributed by atoms with van der Waals surface area (Å²) < 4.78 is 6.89. The summed E-state index contributed by atoms with van der Waals surface area (Å²) in [4.78, 5) is 0. The molecule has 3 nitrogen and oxygen atoms in total. The fourth-order valence-corrected chi connectivity index (χ4v) is 1.29. The monoisotopic (exact) mass is 188 g/mol. The van der Waals surface area contributed by atoms with Crippen LogP contribution in [-0.4, -0.2) is 23.5 Å². The number of halogens is 1. The van der Waals surface area contributed by atoms with Gasteiger partial charge in [0.05, 0.1) is 29.6 Å². The van der Waals surface area contributed by atoms with Gasteiger partial charge in [0.15, 0.2) is 0 Å². The van der Waals surface area contributed by atoms with Crippen LogP contribution in [0.4, 0.5) is 0 Å². The zero-order chi connectivity index (χ0) is 9.14. The Hall–Kier alpha value is -0.540. The van der Waals surface area contributed by atoms with Crippen LogP contribution in [0, 0.1) is 6.92 Å². The first kappa shape index (κ1) is 9.55. The third-order valence-electron chi connectivity index (χ3n) is 1.81. The molecule has 0 saturated carbocycles. The van der Waals surface area contributed by atoms with Crippen LogP contribution in [0.2, 0.25) is 5.02 Å².